The van der Waals surface area contributed by atoms with Crippen LogP contribution in [0, 0.1) is 0 Å². The van der Waals surface area contributed by atoms with Crippen LogP contribution in [0.4, 0.5) is 5.69 Å². The molecule has 0 saturated heterocycles. The molecule has 0 unspecified atom stereocenters. The average Bonchev–Trinajstić information content (AvgIpc) is 2.93. The molecule has 0 aromatic heterocycles. The largest absolute Gasteiger partial charge is 0.385 e. The Morgan fingerprint density at radius 1 is 0.806 bits per heavy atom. The van der Waals surface area contributed by atoms with Crippen molar-refractivity contribution in [1.82, 2.24) is 14.7 Å². The van der Waals surface area contributed by atoms with Crippen molar-refractivity contribution >= 4 is 27.5 Å². The van der Waals surface area contributed by atoms with Gasteiger partial charge in [-0.1, -0.05) is 70.5 Å². The van der Waals surface area contributed by atoms with Crippen molar-refractivity contribution in [2.24, 2.45) is 0 Å². The molecule has 3 aromatic rings. The van der Waals surface area contributed by atoms with Crippen molar-refractivity contribution in [1.29, 1.82) is 0 Å². The van der Waals surface area contributed by atoms with Crippen molar-refractivity contribution in [2.45, 2.75) is 32.5 Å². The van der Waals surface area contributed by atoms with Gasteiger partial charge in [-0.2, -0.15) is 0 Å². The molecule has 2 aliphatic heterocycles. The summed E-state index contributed by atoms with van der Waals surface area (Å²) in [5, 5.41) is 3.63. The van der Waals surface area contributed by atoms with E-state index in [0.717, 1.165) is 68.8 Å². The second kappa shape index (κ2) is 12.0. The van der Waals surface area contributed by atoms with Gasteiger partial charge in [-0.25, -0.2) is 0 Å². The Labute approximate surface area is 223 Å². The molecule has 5 rings (SSSR count). The standard InChI is InChI=1S/C30H35BrN4O/c31-28-11-12-29-27(19-28)22-35(30(36)23-34-16-13-25-9-4-5-10-26(25)21-34)18-17-33(15-6-14-32-29)20-24-7-2-1-3-8-24/h1-5,7-12,19,32H,6,13-18,20-23H2. The number of hydrogen-bond donors (Lipinski definition) is 1. The minimum absolute atomic E-state index is 0.208. The van der Waals surface area contributed by atoms with Gasteiger partial charge >= 0.3 is 0 Å². The lowest BCUT2D eigenvalue weighted by molar-refractivity contribution is -0.133. The molecule has 36 heavy (non-hydrogen) atoms. The fourth-order valence-corrected chi connectivity index (χ4v) is 5.65. The Morgan fingerprint density at radius 3 is 2.47 bits per heavy atom. The molecule has 2 aliphatic rings. The predicted molar refractivity (Wildman–Crippen MR) is 150 cm³/mol. The summed E-state index contributed by atoms with van der Waals surface area (Å²) in [5.74, 6) is 0.208. The molecule has 0 fully saturated rings. The maximum atomic E-state index is 13.7. The van der Waals surface area contributed by atoms with Crippen LogP contribution in [0.15, 0.2) is 77.3 Å². The SMILES string of the molecule is O=C(CN1CCc2ccccc2C1)N1CCN(Cc2ccccc2)CCCNc2ccc(Br)cc2C1. The lowest BCUT2D eigenvalue weighted by Gasteiger charge is -2.32. The van der Waals surface area contributed by atoms with Gasteiger partial charge < -0.3 is 10.2 Å². The van der Waals surface area contributed by atoms with Crippen molar-refractivity contribution in [3.05, 3.63) is 99.5 Å². The lowest BCUT2D eigenvalue weighted by Crippen LogP contribution is -2.44. The first-order valence-electron chi connectivity index (χ1n) is 13.0. The highest BCUT2D eigenvalue weighted by atomic mass is 79.9. The number of fused-ring (bicyclic) bond motifs is 2. The second-order valence-corrected chi connectivity index (χ2v) is 10.8. The summed E-state index contributed by atoms with van der Waals surface area (Å²) >= 11 is 3.64. The zero-order valence-electron chi connectivity index (χ0n) is 20.8. The van der Waals surface area contributed by atoms with Crippen molar-refractivity contribution in [2.75, 3.05) is 44.6 Å². The normalized spacial score (nSPS) is 17.4. The van der Waals surface area contributed by atoms with Crippen LogP contribution in [0.3, 0.4) is 0 Å². The van der Waals surface area contributed by atoms with Gasteiger partial charge in [0.15, 0.2) is 0 Å². The molecule has 0 radical (unpaired) electrons. The molecule has 0 saturated carbocycles. The van der Waals surface area contributed by atoms with Crippen LogP contribution in [0.5, 0.6) is 0 Å². The molecule has 0 bridgehead atoms. The summed E-state index contributed by atoms with van der Waals surface area (Å²) in [4.78, 5) is 20.6. The first-order chi connectivity index (χ1) is 17.6. The molecule has 0 aliphatic carbocycles. The molecule has 2 heterocycles. The van der Waals surface area contributed by atoms with Crippen LogP contribution in [-0.4, -0.2) is 59.9 Å². The number of nitrogens with one attached hydrogen (secondary N) is 1. The predicted octanol–water partition coefficient (Wildman–Crippen LogP) is 5.15. The zero-order chi connectivity index (χ0) is 24.7. The van der Waals surface area contributed by atoms with Crippen LogP contribution >= 0.6 is 15.9 Å². The van der Waals surface area contributed by atoms with E-state index in [1.165, 1.54) is 22.3 Å². The fourth-order valence-electron chi connectivity index (χ4n) is 5.24. The Morgan fingerprint density at radius 2 is 1.61 bits per heavy atom. The number of rotatable bonds is 4. The molecule has 5 nitrogen and oxygen atoms in total. The van der Waals surface area contributed by atoms with Crippen LogP contribution < -0.4 is 5.32 Å². The van der Waals surface area contributed by atoms with E-state index in [1.54, 1.807) is 0 Å². The van der Waals surface area contributed by atoms with Gasteiger partial charge in [-0.3, -0.25) is 14.6 Å². The Hall–Kier alpha value is -2.67. The highest BCUT2D eigenvalue weighted by Crippen LogP contribution is 2.24. The Balaban J connectivity index is 1.32. The third kappa shape index (κ3) is 6.55. The Kier molecular flexibility index (Phi) is 8.36. The number of carbonyl (C=O) groups excluding carboxylic acids is 1. The first-order valence-corrected chi connectivity index (χ1v) is 13.8. The molecule has 1 N–H and O–H groups in total. The maximum absolute atomic E-state index is 13.7. The van der Waals surface area contributed by atoms with E-state index in [-0.39, 0.29) is 5.91 Å². The summed E-state index contributed by atoms with van der Waals surface area (Å²) < 4.78 is 1.05. The Bertz CT molecular complexity index is 1170. The highest BCUT2D eigenvalue weighted by Gasteiger charge is 2.23. The van der Waals surface area contributed by atoms with Gasteiger partial charge in [-0.05, 0) is 53.3 Å². The number of carbonyl (C=O) groups is 1. The van der Waals surface area contributed by atoms with Crippen LogP contribution in [0.25, 0.3) is 0 Å². The van der Waals surface area contributed by atoms with E-state index in [9.17, 15) is 4.79 Å². The number of anilines is 1. The number of halogens is 1. The molecule has 0 spiro atoms. The summed E-state index contributed by atoms with van der Waals surface area (Å²) in [7, 11) is 0. The van der Waals surface area contributed by atoms with Crippen LogP contribution in [0.1, 0.15) is 28.7 Å². The quantitative estimate of drug-likeness (QED) is 0.491. The zero-order valence-corrected chi connectivity index (χ0v) is 22.4. The molecule has 1 amide bonds. The topological polar surface area (TPSA) is 38.8 Å². The van der Waals surface area contributed by atoms with Gasteiger partial charge in [0, 0.05) is 62.5 Å². The third-order valence-corrected chi connectivity index (χ3v) is 7.74. The second-order valence-electron chi connectivity index (χ2n) is 9.89. The van der Waals surface area contributed by atoms with E-state index in [1.807, 2.05) is 0 Å². The van der Waals surface area contributed by atoms with Gasteiger partial charge in [0.05, 0.1) is 6.54 Å². The maximum Gasteiger partial charge on any atom is 0.237 e. The van der Waals surface area contributed by atoms with Gasteiger partial charge in [0.1, 0.15) is 0 Å². The van der Waals surface area contributed by atoms with E-state index in [4.69, 9.17) is 0 Å². The summed E-state index contributed by atoms with van der Waals surface area (Å²) in [6.07, 6.45) is 2.07. The molecular weight excluding hydrogens is 512 g/mol. The summed E-state index contributed by atoms with van der Waals surface area (Å²) in [5.41, 5.74) is 6.37. The minimum atomic E-state index is 0.208. The molecule has 3 aromatic carbocycles. The van der Waals surface area contributed by atoms with E-state index < -0.39 is 0 Å². The number of amides is 1. The monoisotopic (exact) mass is 546 g/mol. The molecule has 6 heteroatoms. The van der Waals surface area contributed by atoms with Crippen molar-refractivity contribution in [3.8, 4) is 0 Å². The van der Waals surface area contributed by atoms with Crippen LogP contribution in [0.2, 0.25) is 0 Å². The van der Waals surface area contributed by atoms with Gasteiger partial charge in [0.25, 0.3) is 0 Å². The summed E-state index contributed by atoms with van der Waals surface area (Å²) in [6, 6.07) is 25.6. The average molecular weight is 548 g/mol. The van der Waals surface area contributed by atoms with E-state index >= 15 is 0 Å². The van der Waals surface area contributed by atoms with E-state index in [2.05, 4.69) is 109 Å². The number of nitrogens with zero attached hydrogens (tertiary/aromatic N) is 3. The fraction of sp³-hybridized carbons (Fsp3) is 0.367. The number of hydrogen-bond acceptors (Lipinski definition) is 4. The van der Waals surface area contributed by atoms with Crippen LogP contribution in [-0.2, 0) is 30.8 Å². The highest BCUT2D eigenvalue weighted by molar-refractivity contribution is 9.10. The third-order valence-electron chi connectivity index (χ3n) is 7.25. The van der Waals surface area contributed by atoms with Gasteiger partial charge in [-0.15, -0.1) is 0 Å². The van der Waals surface area contributed by atoms with E-state index in [0.29, 0.717) is 13.1 Å². The van der Waals surface area contributed by atoms with Crippen molar-refractivity contribution in [3.63, 3.8) is 0 Å². The lowest BCUT2D eigenvalue weighted by atomic mass is 10.00. The smallest absolute Gasteiger partial charge is 0.237 e. The molecule has 188 valence electrons. The number of benzene rings is 3. The minimum Gasteiger partial charge on any atom is -0.385 e. The molecular formula is C30H35BrN4O. The van der Waals surface area contributed by atoms with Gasteiger partial charge in [0.2, 0.25) is 5.91 Å². The first kappa shape index (κ1) is 25.0. The van der Waals surface area contributed by atoms with Crippen molar-refractivity contribution < 1.29 is 4.79 Å². The molecule has 0 atom stereocenters. The summed E-state index contributed by atoms with van der Waals surface area (Å²) in [6.45, 7) is 7.27.